The zero-order valence-corrected chi connectivity index (χ0v) is 20.1. The lowest BCUT2D eigenvalue weighted by Gasteiger charge is -2.41. The summed E-state index contributed by atoms with van der Waals surface area (Å²) in [5.41, 5.74) is 0. The number of aliphatic hydroxyl groups excluding tert-OH is 8. The van der Waals surface area contributed by atoms with Crippen molar-refractivity contribution in [1.82, 2.24) is 0 Å². The monoisotopic (exact) mass is 496 g/mol. The van der Waals surface area contributed by atoms with Crippen LogP contribution in [-0.4, -0.2) is 109 Å². The summed E-state index contributed by atoms with van der Waals surface area (Å²) in [7, 11) is 0. The van der Waals surface area contributed by atoms with Gasteiger partial charge in [-0.1, -0.05) is 46.0 Å². The third kappa shape index (κ3) is 9.56. The van der Waals surface area contributed by atoms with Crippen LogP contribution in [0.5, 0.6) is 0 Å². The number of ether oxygens (including phenoxy) is 3. The first kappa shape index (κ1) is 31.0. The maximum atomic E-state index is 10.5. The van der Waals surface area contributed by atoms with Gasteiger partial charge in [-0.25, -0.2) is 0 Å². The lowest BCUT2D eigenvalue weighted by atomic mass is 9.99. The van der Waals surface area contributed by atoms with E-state index in [9.17, 15) is 40.9 Å². The third-order valence-electron chi connectivity index (χ3n) is 6.04. The molecule has 0 spiro atoms. The highest BCUT2D eigenvalue weighted by Gasteiger charge is 2.46. The van der Waals surface area contributed by atoms with Crippen LogP contribution in [0.1, 0.15) is 65.2 Å². The van der Waals surface area contributed by atoms with E-state index in [2.05, 4.69) is 6.92 Å². The van der Waals surface area contributed by atoms with Crippen LogP contribution in [-0.2, 0) is 14.2 Å². The normalized spacial score (nSPS) is 29.4. The number of hydrogen-bond acceptors (Lipinski definition) is 11. The number of rotatable bonds is 17. The summed E-state index contributed by atoms with van der Waals surface area (Å²) in [4.78, 5) is 0. The second-order valence-electron chi connectivity index (χ2n) is 8.76. The highest BCUT2D eigenvalue weighted by atomic mass is 16.7. The van der Waals surface area contributed by atoms with Crippen molar-refractivity contribution in [3.63, 3.8) is 0 Å². The van der Waals surface area contributed by atoms with Gasteiger partial charge in [-0.2, -0.15) is 0 Å². The molecule has 6 unspecified atom stereocenters. The molecule has 1 saturated heterocycles. The van der Waals surface area contributed by atoms with Gasteiger partial charge in [-0.05, 0) is 19.3 Å². The van der Waals surface area contributed by atoms with Crippen LogP contribution in [0.4, 0.5) is 0 Å². The highest BCUT2D eigenvalue weighted by molar-refractivity contribution is 5.01. The zero-order valence-electron chi connectivity index (χ0n) is 20.1. The molecule has 0 aromatic heterocycles. The van der Waals surface area contributed by atoms with Gasteiger partial charge in [-0.3, -0.25) is 0 Å². The minimum absolute atomic E-state index is 0.187. The van der Waals surface area contributed by atoms with Gasteiger partial charge in [0, 0.05) is 0 Å². The van der Waals surface area contributed by atoms with Crippen molar-refractivity contribution < 1.29 is 55.1 Å². The van der Waals surface area contributed by atoms with Crippen LogP contribution in [0, 0.1) is 0 Å². The molecule has 0 aromatic carbocycles. The molecule has 1 rings (SSSR count). The minimum Gasteiger partial charge on any atom is -0.506 e. The first-order valence-corrected chi connectivity index (χ1v) is 12.2. The first-order valence-electron chi connectivity index (χ1n) is 12.2. The summed E-state index contributed by atoms with van der Waals surface area (Å²) in [6, 6.07) is 0. The van der Waals surface area contributed by atoms with Gasteiger partial charge in [0.05, 0.1) is 19.3 Å². The minimum atomic E-state index is -1.87. The highest BCUT2D eigenvalue weighted by Crippen LogP contribution is 2.25. The molecule has 1 heterocycles. The summed E-state index contributed by atoms with van der Waals surface area (Å²) in [5.74, 6) is -0.677. The summed E-state index contributed by atoms with van der Waals surface area (Å²) in [5, 5.41) is 79.5. The third-order valence-corrected chi connectivity index (χ3v) is 6.04. The second-order valence-corrected chi connectivity index (χ2v) is 8.76. The van der Waals surface area contributed by atoms with E-state index >= 15 is 0 Å². The van der Waals surface area contributed by atoms with Gasteiger partial charge >= 0.3 is 0 Å². The van der Waals surface area contributed by atoms with E-state index in [0.717, 1.165) is 31.9 Å². The first-order chi connectivity index (χ1) is 16.2. The predicted molar refractivity (Wildman–Crippen MR) is 122 cm³/mol. The van der Waals surface area contributed by atoms with Crippen LogP contribution in [0.15, 0.2) is 12.0 Å². The molecule has 34 heavy (non-hydrogen) atoms. The van der Waals surface area contributed by atoms with Crippen molar-refractivity contribution in [2.75, 3.05) is 13.2 Å². The maximum absolute atomic E-state index is 10.5. The largest absolute Gasteiger partial charge is 0.506 e. The van der Waals surface area contributed by atoms with Gasteiger partial charge in [0.2, 0.25) is 0 Å². The standard InChI is InChI=1S/C23H44O11/c1-3-5-6-7-8-9-10-14(4-2)32-13-16(27)18(28)22(15(26)11-24)34-23-21(31)20(30)19(29)17(12-25)33-23/h13-15,17-31H,3-12H2,1-2H3/b16-13+/t14?,15?,17?,18?,19-,20?,21?,22-,23-/m1/s1. The molecule has 1 fully saturated rings. The SMILES string of the molecule is CCCCCCCCC(CC)O/C=C(/O)C(O)[C@H](O[C@H]1OC(CO)[C@@H](O)C(O)C1O)C(O)CO. The molecule has 202 valence electrons. The van der Waals surface area contributed by atoms with Crippen LogP contribution in [0.25, 0.3) is 0 Å². The molecular weight excluding hydrogens is 452 g/mol. The lowest BCUT2D eigenvalue weighted by Crippen LogP contribution is -2.61. The Morgan fingerprint density at radius 1 is 0.941 bits per heavy atom. The van der Waals surface area contributed by atoms with Crippen LogP contribution in [0.2, 0.25) is 0 Å². The topological polar surface area (TPSA) is 190 Å². The molecule has 9 atom stereocenters. The Kier molecular flexibility index (Phi) is 15.2. The molecule has 8 N–H and O–H groups in total. The van der Waals surface area contributed by atoms with Crippen LogP contribution >= 0.6 is 0 Å². The van der Waals surface area contributed by atoms with E-state index in [1.54, 1.807) is 0 Å². The van der Waals surface area contributed by atoms with Gasteiger partial charge in [-0.15, -0.1) is 0 Å². The van der Waals surface area contributed by atoms with Crippen molar-refractivity contribution in [1.29, 1.82) is 0 Å². The summed E-state index contributed by atoms with van der Waals surface area (Å²) in [6.45, 7) is 2.54. The Morgan fingerprint density at radius 3 is 2.18 bits per heavy atom. The molecular formula is C23H44O11. The number of aliphatic hydroxyl groups is 8. The average molecular weight is 497 g/mol. The van der Waals surface area contributed by atoms with Crippen molar-refractivity contribution in [3.8, 4) is 0 Å². The maximum Gasteiger partial charge on any atom is 0.187 e. The Hall–Kier alpha value is -1.02. The van der Waals surface area contributed by atoms with E-state index in [1.165, 1.54) is 19.3 Å². The predicted octanol–water partition coefficient (Wildman–Crippen LogP) is -0.169. The molecule has 11 nitrogen and oxygen atoms in total. The van der Waals surface area contributed by atoms with Gasteiger partial charge in [0.15, 0.2) is 12.0 Å². The van der Waals surface area contributed by atoms with E-state index in [-0.39, 0.29) is 6.10 Å². The van der Waals surface area contributed by atoms with Crippen LogP contribution < -0.4 is 0 Å². The molecule has 0 amide bonds. The molecule has 0 aliphatic carbocycles. The lowest BCUT2D eigenvalue weighted by molar-refractivity contribution is -0.323. The zero-order chi connectivity index (χ0) is 25.7. The molecule has 0 radical (unpaired) electrons. The quantitative estimate of drug-likeness (QED) is 0.0985. The Labute approximate surface area is 201 Å². The van der Waals surface area contributed by atoms with Crippen molar-refractivity contribution in [3.05, 3.63) is 12.0 Å². The van der Waals surface area contributed by atoms with Crippen molar-refractivity contribution in [2.24, 2.45) is 0 Å². The number of hydrogen-bond donors (Lipinski definition) is 8. The fourth-order valence-corrected chi connectivity index (χ4v) is 3.74. The Balaban J connectivity index is 2.75. The van der Waals surface area contributed by atoms with E-state index in [0.29, 0.717) is 6.42 Å². The summed E-state index contributed by atoms with van der Waals surface area (Å²) in [6.07, 6.45) is -4.35. The fourth-order valence-electron chi connectivity index (χ4n) is 3.74. The van der Waals surface area contributed by atoms with Gasteiger partial charge in [0.25, 0.3) is 0 Å². The average Bonchev–Trinajstić information content (AvgIpc) is 2.85. The fraction of sp³-hybridized carbons (Fsp3) is 0.913. The molecule has 1 aliphatic rings. The molecule has 0 bridgehead atoms. The van der Waals surface area contributed by atoms with Crippen LogP contribution in [0.3, 0.4) is 0 Å². The van der Waals surface area contributed by atoms with E-state index < -0.39 is 68.0 Å². The van der Waals surface area contributed by atoms with Crippen molar-refractivity contribution in [2.45, 2.75) is 120 Å². The summed E-state index contributed by atoms with van der Waals surface area (Å²) < 4.78 is 16.2. The second kappa shape index (κ2) is 16.6. The van der Waals surface area contributed by atoms with Gasteiger partial charge in [0.1, 0.15) is 49.0 Å². The van der Waals surface area contributed by atoms with E-state index in [4.69, 9.17) is 14.2 Å². The van der Waals surface area contributed by atoms with Gasteiger partial charge < -0.3 is 55.1 Å². The van der Waals surface area contributed by atoms with Crippen molar-refractivity contribution >= 4 is 0 Å². The van der Waals surface area contributed by atoms with E-state index in [1.807, 2.05) is 6.92 Å². The summed E-state index contributed by atoms with van der Waals surface area (Å²) >= 11 is 0. The Morgan fingerprint density at radius 2 is 1.59 bits per heavy atom. The molecule has 1 aliphatic heterocycles. The molecule has 0 aromatic rings. The number of unbranched alkanes of at least 4 members (excludes halogenated alkanes) is 5. The smallest absolute Gasteiger partial charge is 0.187 e. The Bertz CT molecular complexity index is 559. The molecule has 0 saturated carbocycles. The molecule has 11 heteroatoms.